The highest BCUT2D eigenvalue weighted by Crippen LogP contribution is 2.20. The molecule has 0 saturated carbocycles. The van der Waals surface area contributed by atoms with Crippen molar-refractivity contribution >= 4 is 26.0 Å². The molecule has 1 saturated heterocycles. The summed E-state index contributed by atoms with van der Waals surface area (Å²) in [6.07, 6.45) is 0. The van der Waals surface area contributed by atoms with Crippen LogP contribution in [0.2, 0.25) is 0 Å². The van der Waals surface area contributed by atoms with Crippen molar-refractivity contribution in [1.82, 2.24) is 9.21 Å². The second kappa shape index (κ2) is 6.30. The average Bonchev–Trinajstić information content (AvgIpc) is 2.40. The molecule has 1 aromatic rings. The summed E-state index contributed by atoms with van der Waals surface area (Å²) in [4.78, 5) is 1.95. The molecule has 0 atom stereocenters. The lowest BCUT2D eigenvalue weighted by Crippen LogP contribution is -2.49. The summed E-state index contributed by atoms with van der Waals surface area (Å²) in [5.41, 5.74) is 0. The van der Waals surface area contributed by atoms with Crippen LogP contribution in [0.15, 0.2) is 29.2 Å². The summed E-state index contributed by atoms with van der Waals surface area (Å²) in [6, 6.07) is 5.52. The molecule has 1 heterocycles. The minimum atomic E-state index is -3.71. The Kier molecular flexibility index (Phi) is 4.94. The molecule has 106 valence electrons. The van der Waals surface area contributed by atoms with Crippen LogP contribution < -0.4 is 0 Å². The van der Waals surface area contributed by atoms with E-state index in [2.05, 4.69) is 20.8 Å². The molecule has 7 heteroatoms. The van der Waals surface area contributed by atoms with Gasteiger partial charge in [-0.05, 0) is 12.1 Å². The van der Waals surface area contributed by atoms with Gasteiger partial charge in [0.25, 0.3) is 0 Å². The zero-order valence-corrected chi connectivity index (χ0v) is 12.8. The molecule has 1 fully saturated rings. The van der Waals surface area contributed by atoms with Crippen LogP contribution in [0, 0.1) is 5.82 Å². The first-order valence-electron chi connectivity index (χ1n) is 6.08. The maximum absolute atomic E-state index is 13.6. The summed E-state index contributed by atoms with van der Waals surface area (Å²) in [5, 5.41) is 0.868. The van der Waals surface area contributed by atoms with E-state index in [0.717, 1.165) is 11.9 Å². The first-order valence-corrected chi connectivity index (χ1v) is 8.65. The highest BCUT2D eigenvalue weighted by Gasteiger charge is 2.30. The summed E-state index contributed by atoms with van der Waals surface area (Å²) in [5.74, 6) is -0.689. The van der Waals surface area contributed by atoms with Gasteiger partial charge in [0.1, 0.15) is 10.7 Å². The molecule has 19 heavy (non-hydrogen) atoms. The van der Waals surface area contributed by atoms with Crippen LogP contribution in [0.1, 0.15) is 0 Å². The lowest BCUT2D eigenvalue weighted by molar-refractivity contribution is 0.198. The average molecular weight is 351 g/mol. The summed E-state index contributed by atoms with van der Waals surface area (Å²) in [6.45, 7) is 3.07. The van der Waals surface area contributed by atoms with Crippen molar-refractivity contribution < 1.29 is 12.8 Å². The van der Waals surface area contributed by atoms with E-state index in [0.29, 0.717) is 26.2 Å². The highest BCUT2D eigenvalue weighted by molar-refractivity contribution is 9.09. The quantitative estimate of drug-likeness (QED) is 0.773. The van der Waals surface area contributed by atoms with Crippen molar-refractivity contribution in [3.8, 4) is 0 Å². The Hall–Kier alpha value is -0.500. The predicted molar refractivity (Wildman–Crippen MR) is 75.4 cm³/mol. The highest BCUT2D eigenvalue weighted by atomic mass is 79.9. The molecule has 1 aliphatic rings. The largest absolute Gasteiger partial charge is 0.300 e. The second-order valence-corrected chi connectivity index (χ2v) is 7.06. The molecule has 4 nitrogen and oxygen atoms in total. The second-order valence-electron chi connectivity index (χ2n) is 4.37. The number of benzene rings is 1. The normalized spacial score (nSPS) is 18.6. The molecule has 2 rings (SSSR count). The van der Waals surface area contributed by atoms with E-state index in [-0.39, 0.29) is 4.90 Å². The fourth-order valence-electron chi connectivity index (χ4n) is 2.11. The number of hydrogen-bond donors (Lipinski definition) is 0. The molecule has 0 unspecified atom stereocenters. The van der Waals surface area contributed by atoms with Gasteiger partial charge in [-0.2, -0.15) is 4.31 Å². The minimum absolute atomic E-state index is 0.232. The third-order valence-corrected chi connectivity index (χ3v) is 5.47. The van der Waals surface area contributed by atoms with Crippen molar-refractivity contribution in [3.63, 3.8) is 0 Å². The number of halogens is 2. The summed E-state index contributed by atoms with van der Waals surface area (Å²) >= 11 is 3.36. The van der Waals surface area contributed by atoms with E-state index in [1.807, 2.05) is 0 Å². The topological polar surface area (TPSA) is 40.6 Å². The van der Waals surface area contributed by atoms with E-state index in [4.69, 9.17) is 0 Å². The van der Waals surface area contributed by atoms with E-state index in [1.165, 1.54) is 28.6 Å². The fourth-order valence-corrected chi connectivity index (χ4v) is 4.09. The number of piperazine rings is 1. The van der Waals surface area contributed by atoms with Crippen LogP contribution in [-0.2, 0) is 10.0 Å². The standard InChI is InChI=1S/C12H16BrFN2O2S/c13-5-6-15-7-9-16(10-8-15)19(17,18)12-4-2-1-3-11(12)14/h1-4H,5-10H2. The van der Waals surface area contributed by atoms with Crippen LogP contribution in [0.25, 0.3) is 0 Å². The maximum Gasteiger partial charge on any atom is 0.246 e. The smallest absolute Gasteiger partial charge is 0.246 e. The van der Waals surface area contributed by atoms with Gasteiger partial charge in [0.05, 0.1) is 0 Å². The number of hydrogen-bond acceptors (Lipinski definition) is 3. The molecule has 1 aliphatic heterocycles. The van der Waals surface area contributed by atoms with Gasteiger partial charge in [0.2, 0.25) is 10.0 Å². The maximum atomic E-state index is 13.6. The van der Waals surface area contributed by atoms with Crippen LogP contribution in [0.3, 0.4) is 0 Å². The van der Waals surface area contributed by atoms with Gasteiger partial charge in [-0.25, -0.2) is 12.8 Å². The minimum Gasteiger partial charge on any atom is -0.300 e. The molecule has 0 N–H and O–H groups in total. The molecule has 0 radical (unpaired) electrons. The van der Waals surface area contributed by atoms with Gasteiger partial charge in [-0.3, -0.25) is 4.90 Å². The van der Waals surface area contributed by atoms with Crippen LogP contribution in [0.5, 0.6) is 0 Å². The number of sulfonamides is 1. The van der Waals surface area contributed by atoms with Gasteiger partial charge >= 0.3 is 0 Å². The third kappa shape index (κ3) is 3.34. The Morgan fingerprint density at radius 1 is 1.16 bits per heavy atom. The molecule has 0 bridgehead atoms. The Labute approximate surface area is 121 Å². The Morgan fingerprint density at radius 3 is 2.37 bits per heavy atom. The van der Waals surface area contributed by atoms with Crippen molar-refractivity contribution in [2.24, 2.45) is 0 Å². The van der Waals surface area contributed by atoms with Crippen molar-refractivity contribution in [1.29, 1.82) is 0 Å². The SMILES string of the molecule is O=S(=O)(c1ccccc1F)N1CCN(CCBr)CC1. The third-order valence-electron chi connectivity index (χ3n) is 3.19. The summed E-state index contributed by atoms with van der Waals surface area (Å²) in [7, 11) is -3.71. The van der Waals surface area contributed by atoms with Gasteiger partial charge in [0.15, 0.2) is 0 Å². The van der Waals surface area contributed by atoms with Crippen molar-refractivity contribution in [2.45, 2.75) is 4.90 Å². The van der Waals surface area contributed by atoms with Gasteiger partial charge in [-0.1, -0.05) is 28.1 Å². The fraction of sp³-hybridized carbons (Fsp3) is 0.500. The lowest BCUT2D eigenvalue weighted by Gasteiger charge is -2.33. The Bertz CT molecular complexity index is 530. The number of nitrogens with zero attached hydrogens (tertiary/aromatic N) is 2. The molecule has 0 spiro atoms. The van der Waals surface area contributed by atoms with E-state index in [9.17, 15) is 12.8 Å². The van der Waals surface area contributed by atoms with Gasteiger partial charge < -0.3 is 0 Å². The van der Waals surface area contributed by atoms with Crippen LogP contribution in [-0.4, -0.2) is 55.7 Å². The monoisotopic (exact) mass is 350 g/mol. The molecule has 0 amide bonds. The van der Waals surface area contributed by atoms with Gasteiger partial charge in [0, 0.05) is 38.1 Å². The van der Waals surface area contributed by atoms with Crippen molar-refractivity contribution in [2.75, 3.05) is 38.1 Å². The number of alkyl halides is 1. The van der Waals surface area contributed by atoms with E-state index >= 15 is 0 Å². The molecule has 0 aliphatic carbocycles. The lowest BCUT2D eigenvalue weighted by atomic mass is 10.3. The predicted octanol–water partition coefficient (Wildman–Crippen LogP) is 1.53. The van der Waals surface area contributed by atoms with Crippen LogP contribution in [0.4, 0.5) is 4.39 Å². The molecular formula is C12H16BrFN2O2S. The summed E-state index contributed by atoms with van der Waals surface area (Å²) < 4.78 is 39.6. The molecule has 0 aromatic heterocycles. The number of rotatable bonds is 4. The molecular weight excluding hydrogens is 335 g/mol. The Balaban J connectivity index is 2.12. The van der Waals surface area contributed by atoms with E-state index in [1.54, 1.807) is 0 Å². The van der Waals surface area contributed by atoms with Gasteiger partial charge in [-0.15, -0.1) is 0 Å². The zero-order valence-electron chi connectivity index (χ0n) is 10.4. The van der Waals surface area contributed by atoms with Crippen LogP contribution >= 0.6 is 15.9 Å². The Morgan fingerprint density at radius 2 is 1.79 bits per heavy atom. The van der Waals surface area contributed by atoms with Crippen molar-refractivity contribution in [3.05, 3.63) is 30.1 Å². The first-order chi connectivity index (χ1) is 9.05. The van der Waals surface area contributed by atoms with E-state index < -0.39 is 15.8 Å². The zero-order chi connectivity index (χ0) is 13.9. The first kappa shape index (κ1) is 14.9. The molecule has 1 aromatic carbocycles.